The van der Waals surface area contributed by atoms with Crippen molar-refractivity contribution in [3.05, 3.63) is 53.6 Å². The summed E-state index contributed by atoms with van der Waals surface area (Å²) < 4.78 is 5.62. The van der Waals surface area contributed by atoms with E-state index in [0.29, 0.717) is 11.6 Å². The Morgan fingerprint density at radius 2 is 1.63 bits per heavy atom. The molecule has 0 aromatic heterocycles. The fourth-order valence-corrected chi connectivity index (χ4v) is 5.75. The second-order valence-corrected chi connectivity index (χ2v) is 10.3. The minimum Gasteiger partial charge on any atom is -0.426 e. The molecule has 3 fully saturated rings. The van der Waals surface area contributed by atoms with Gasteiger partial charge in [0.1, 0.15) is 5.75 Å². The van der Waals surface area contributed by atoms with Crippen LogP contribution in [0.1, 0.15) is 43.7 Å². The lowest BCUT2D eigenvalue weighted by molar-refractivity contribution is -0.139. The number of carbonyl (C=O) groups is 4. The number of carbonyl (C=O) groups excluding carboxylic acids is 4. The summed E-state index contributed by atoms with van der Waals surface area (Å²) in [5.41, 5.74) is 3.31. The number of hydrogen-bond donors (Lipinski definition) is 0. The third-order valence-corrected chi connectivity index (χ3v) is 7.46. The highest BCUT2D eigenvalue weighted by Crippen LogP contribution is 2.42. The average Bonchev–Trinajstić information content (AvgIpc) is 3.31. The van der Waals surface area contributed by atoms with Crippen molar-refractivity contribution < 1.29 is 23.9 Å². The summed E-state index contributed by atoms with van der Waals surface area (Å²) in [5, 5.41) is 0. The fraction of sp³-hybridized carbons (Fsp3) is 0.429. The van der Waals surface area contributed by atoms with Crippen molar-refractivity contribution in [2.45, 2.75) is 46.5 Å². The van der Waals surface area contributed by atoms with Gasteiger partial charge in [0.15, 0.2) is 0 Å². The van der Waals surface area contributed by atoms with Gasteiger partial charge in [0.2, 0.25) is 17.7 Å². The predicted octanol–water partition coefficient (Wildman–Crippen LogP) is 4.19. The van der Waals surface area contributed by atoms with Crippen LogP contribution < -0.4 is 14.5 Å². The van der Waals surface area contributed by atoms with Crippen LogP contribution in [-0.4, -0.2) is 30.2 Å². The molecule has 0 spiro atoms. The first-order valence-corrected chi connectivity index (χ1v) is 12.3. The first kappa shape index (κ1) is 23.3. The topological polar surface area (TPSA) is 84.0 Å². The summed E-state index contributed by atoms with van der Waals surface area (Å²) in [6, 6.07) is 12.5. The van der Waals surface area contributed by atoms with Gasteiger partial charge in [-0.25, -0.2) is 4.90 Å². The quantitative estimate of drug-likeness (QED) is 0.377. The van der Waals surface area contributed by atoms with Crippen LogP contribution in [0.15, 0.2) is 42.5 Å². The SMILES string of the molecule is Cc1cc(C)cc(N2C[C@H](C(=O)Oc3cccc(N4C(=O)[C@@H]5CC[C@@H](C)C[C@H]5C4=O)c3)CC2=O)c1. The molecule has 35 heavy (non-hydrogen) atoms. The highest BCUT2D eigenvalue weighted by atomic mass is 16.5. The molecule has 1 saturated carbocycles. The molecule has 0 N–H and O–H groups in total. The number of nitrogens with zero attached hydrogens (tertiary/aromatic N) is 2. The van der Waals surface area contributed by atoms with Gasteiger partial charge in [-0.1, -0.05) is 19.1 Å². The number of ether oxygens (including phenoxy) is 1. The Hall–Kier alpha value is -3.48. The fourth-order valence-electron chi connectivity index (χ4n) is 5.75. The molecule has 0 unspecified atom stereocenters. The Kier molecular flexibility index (Phi) is 5.95. The lowest BCUT2D eigenvalue weighted by Crippen LogP contribution is -2.31. The number of esters is 1. The average molecular weight is 475 g/mol. The summed E-state index contributed by atoms with van der Waals surface area (Å²) in [4.78, 5) is 54.5. The van der Waals surface area contributed by atoms with E-state index in [0.717, 1.165) is 36.1 Å². The van der Waals surface area contributed by atoms with Crippen molar-refractivity contribution >= 4 is 35.1 Å². The van der Waals surface area contributed by atoms with Crippen LogP contribution in [0, 0.1) is 37.5 Å². The first-order chi connectivity index (χ1) is 16.7. The second kappa shape index (κ2) is 8.95. The number of aryl methyl sites for hydroxylation is 2. The van der Waals surface area contributed by atoms with Gasteiger partial charge < -0.3 is 9.64 Å². The van der Waals surface area contributed by atoms with Gasteiger partial charge in [-0.05, 0) is 74.4 Å². The molecule has 3 amide bonds. The normalized spacial score (nSPS) is 26.3. The summed E-state index contributed by atoms with van der Waals surface area (Å²) >= 11 is 0. The van der Waals surface area contributed by atoms with E-state index in [9.17, 15) is 19.2 Å². The maximum Gasteiger partial charge on any atom is 0.316 e. The van der Waals surface area contributed by atoms with Crippen molar-refractivity contribution in [1.29, 1.82) is 0 Å². The van der Waals surface area contributed by atoms with E-state index in [1.807, 2.05) is 32.0 Å². The van der Waals surface area contributed by atoms with E-state index in [-0.39, 0.29) is 48.3 Å². The van der Waals surface area contributed by atoms with Gasteiger partial charge in [0.25, 0.3) is 0 Å². The Bertz CT molecular complexity index is 1200. The Balaban J connectivity index is 1.29. The molecule has 7 heteroatoms. The largest absolute Gasteiger partial charge is 0.426 e. The lowest BCUT2D eigenvalue weighted by Gasteiger charge is -2.25. The number of amides is 3. The Morgan fingerprint density at radius 3 is 2.37 bits per heavy atom. The summed E-state index contributed by atoms with van der Waals surface area (Å²) in [7, 11) is 0. The Labute approximate surface area is 205 Å². The van der Waals surface area contributed by atoms with E-state index in [1.165, 1.54) is 4.90 Å². The molecular weight excluding hydrogens is 444 g/mol. The third kappa shape index (κ3) is 4.35. The smallest absolute Gasteiger partial charge is 0.316 e. The monoisotopic (exact) mass is 474 g/mol. The van der Waals surface area contributed by atoms with Crippen molar-refractivity contribution in [3.63, 3.8) is 0 Å². The molecule has 2 saturated heterocycles. The highest BCUT2D eigenvalue weighted by molar-refractivity contribution is 6.22. The van der Waals surface area contributed by atoms with E-state index < -0.39 is 11.9 Å². The van der Waals surface area contributed by atoms with Gasteiger partial charge in [-0.2, -0.15) is 0 Å². The van der Waals surface area contributed by atoms with E-state index >= 15 is 0 Å². The van der Waals surface area contributed by atoms with Gasteiger partial charge >= 0.3 is 5.97 Å². The van der Waals surface area contributed by atoms with Crippen LogP contribution in [0.5, 0.6) is 5.75 Å². The van der Waals surface area contributed by atoms with Crippen molar-refractivity contribution in [2.75, 3.05) is 16.3 Å². The Morgan fingerprint density at radius 1 is 0.914 bits per heavy atom. The number of imide groups is 1. The molecule has 2 aromatic rings. The van der Waals surface area contributed by atoms with Crippen LogP contribution in [0.3, 0.4) is 0 Å². The molecule has 1 aliphatic carbocycles. The zero-order chi connectivity index (χ0) is 24.9. The van der Waals surface area contributed by atoms with Crippen molar-refractivity contribution in [3.8, 4) is 5.75 Å². The summed E-state index contributed by atoms with van der Waals surface area (Å²) in [6.07, 6.45) is 2.49. The van der Waals surface area contributed by atoms with Crippen LogP contribution >= 0.6 is 0 Å². The van der Waals surface area contributed by atoms with E-state index in [4.69, 9.17) is 4.74 Å². The molecule has 2 aromatic carbocycles. The standard InChI is InChI=1S/C28H30N2O5/c1-16-7-8-23-24(12-16)27(33)30(26(23)32)20-5-4-6-22(14-20)35-28(34)19-13-25(31)29(15-19)21-10-17(2)9-18(3)11-21/h4-6,9-11,14,16,19,23-24H,7-8,12-13,15H2,1-3H3/t16-,19-,23-,24-/m1/s1. The molecule has 2 aliphatic heterocycles. The number of hydrogen-bond acceptors (Lipinski definition) is 5. The molecule has 182 valence electrons. The predicted molar refractivity (Wildman–Crippen MR) is 131 cm³/mol. The molecule has 5 rings (SSSR count). The summed E-state index contributed by atoms with van der Waals surface area (Å²) in [5.74, 6) is -1.37. The maximum absolute atomic E-state index is 13.0. The van der Waals surface area contributed by atoms with Crippen molar-refractivity contribution in [1.82, 2.24) is 0 Å². The third-order valence-electron chi connectivity index (χ3n) is 7.46. The maximum atomic E-state index is 13.0. The van der Waals surface area contributed by atoms with Crippen LogP contribution in [0.25, 0.3) is 0 Å². The van der Waals surface area contributed by atoms with Crippen LogP contribution in [0.4, 0.5) is 11.4 Å². The zero-order valence-electron chi connectivity index (χ0n) is 20.3. The van der Waals surface area contributed by atoms with Gasteiger partial charge in [-0.3, -0.25) is 19.2 Å². The van der Waals surface area contributed by atoms with Crippen molar-refractivity contribution in [2.24, 2.45) is 23.7 Å². The van der Waals surface area contributed by atoms with Crippen LogP contribution in [0.2, 0.25) is 0 Å². The van der Waals surface area contributed by atoms with Crippen LogP contribution in [-0.2, 0) is 19.2 Å². The molecule has 0 bridgehead atoms. The van der Waals surface area contributed by atoms with Gasteiger partial charge in [0.05, 0.1) is 23.4 Å². The second-order valence-electron chi connectivity index (χ2n) is 10.3. The minimum atomic E-state index is -0.591. The molecular formula is C28H30N2O5. The first-order valence-electron chi connectivity index (χ1n) is 12.3. The van der Waals surface area contributed by atoms with Gasteiger partial charge in [-0.15, -0.1) is 0 Å². The number of rotatable bonds is 4. The number of benzene rings is 2. The lowest BCUT2D eigenvalue weighted by atomic mass is 9.76. The van der Waals surface area contributed by atoms with Gasteiger partial charge in [0, 0.05) is 24.7 Å². The molecule has 7 nitrogen and oxygen atoms in total. The zero-order valence-corrected chi connectivity index (χ0v) is 20.3. The van der Waals surface area contributed by atoms with E-state index in [2.05, 4.69) is 6.92 Å². The number of fused-ring (bicyclic) bond motifs is 1. The molecule has 4 atom stereocenters. The highest BCUT2D eigenvalue weighted by Gasteiger charge is 2.50. The molecule has 3 aliphatic rings. The number of anilines is 2. The summed E-state index contributed by atoms with van der Waals surface area (Å²) in [6.45, 7) is 6.32. The van der Waals surface area contributed by atoms with E-state index in [1.54, 1.807) is 29.2 Å². The molecule has 0 radical (unpaired) electrons. The minimum absolute atomic E-state index is 0.0795. The molecule has 2 heterocycles.